The summed E-state index contributed by atoms with van der Waals surface area (Å²) in [5, 5.41) is 32.7. The summed E-state index contributed by atoms with van der Waals surface area (Å²) in [5.74, 6) is -2.02. The van der Waals surface area contributed by atoms with Gasteiger partial charge in [-0.25, -0.2) is 8.42 Å². The fourth-order valence-electron chi connectivity index (χ4n) is 3.62. The number of aliphatic hydroxyl groups is 2. The minimum atomic E-state index is -4.60. The Morgan fingerprint density at radius 1 is 1.16 bits per heavy atom. The monoisotopic (exact) mass is 486 g/mol. The van der Waals surface area contributed by atoms with Crippen LogP contribution >= 0.6 is 7.60 Å². The lowest BCUT2D eigenvalue weighted by Crippen LogP contribution is -2.59. The number of nitro benzene ring substituents is 1. The molecule has 0 amide bonds. The molecule has 11 nitrogen and oxygen atoms in total. The van der Waals surface area contributed by atoms with Crippen molar-refractivity contribution in [2.24, 2.45) is 0 Å². The Labute approximate surface area is 184 Å². The van der Waals surface area contributed by atoms with Gasteiger partial charge in [0.25, 0.3) is 15.7 Å². The normalized spacial score (nSPS) is 28.5. The summed E-state index contributed by atoms with van der Waals surface area (Å²) in [6, 6.07) is 11.7. The molecule has 1 saturated heterocycles. The predicted molar refractivity (Wildman–Crippen MR) is 113 cm³/mol. The molecule has 32 heavy (non-hydrogen) atoms. The molecule has 0 aromatic heterocycles. The van der Waals surface area contributed by atoms with Crippen molar-refractivity contribution in [2.75, 3.05) is 7.11 Å². The van der Waals surface area contributed by atoms with Crippen LogP contribution in [0.2, 0.25) is 0 Å². The molecular formula is C19H23N2O9PS. The van der Waals surface area contributed by atoms with Gasteiger partial charge in [0.05, 0.1) is 17.1 Å². The van der Waals surface area contributed by atoms with Gasteiger partial charge in [-0.15, -0.1) is 0 Å². The zero-order valence-electron chi connectivity index (χ0n) is 17.2. The van der Waals surface area contributed by atoms with Crippen LogP contribution in [-0.4, -0.2) is 59.1 Å². The first-order valence-electron chi connectivity index (χ1n) is 9.52. The van der Waals surface area contributed by atoms with E-state index < -0.39 is 57.2 Å². The van der Waals surface area contributed by atoms with Crippen molar-refractivity contribution in [3.63, 3.8) is 0 Å². The number of hydrogen-bond donors (Lipinski definition) is 2. The second kappa shape index (κ2) is 9.36. The standard InChI is InChI=1S/C19H23N2O9PS/c1-13-17(18(22)19(23)31(26,29-2)30-13)20(12-14-8-4-3-5-9-14)32(27,28)16-11-7-6-10-15(16)21(24)25/h3-11,13,17-19,22-23H,12H2,1-2H3/t13-,17-,18+,19-,31?/m0/s1. The second-order valence-electron chi connectivity index (χ2n) is 7.19. The third-order valence-corrected chi connectivity index (χ3v) is 9.17. The summed E-state index contributed by atoms with van der Waals surface area (Å²) < 4.78 is 50.9. The van der Waals surface area contributed by atoms with Crippen LogP contribution in [0.1, 0.15) is 12.5 Å². The number of para-hydroxylation sites is 1. The molecule has 2 N–H and O–H groups in total. The molecule has 1 heterocycles. The minimum Gasteiger partial charge on any atom is -0.388 e. The van der Waals surface area contributed by atoms with E-state index in [2.05, 4.69) is 0 Å². The molecule has 174 valence electrons. The van der Waals surface area contributed by atoms with Gasteiger partial charge in [0.15, 0.2) is 10.7 Å². The topological polar surface area (TPSA) is 157 Å². The lowest BCUT2D eigenvalue weighted by Gasteiger charge is -2.44. The summed E-state index contributed by atoms with van der Waals surface area (Å²) in [6.07, 6.45) is -3.04. The fraction of sp³-hybridized carbons (Fsp3) is 0.368. The van der Waals surface area contributed by atoms with Crippen LogP contribution in [0.3, 0.4) is 0 Å². The van der Waals surface area contributed by atoms with Gasteiger partial charge in [-0.1, -0.05) is 42.5 Å². The molecule has 1 aliphatic heterocycles. The maximum atomic E-state index is 13.7. The Morgan fingerprint density at radius 3 is 2.34 bits per heavy atom. The van der Waals surface area contributed by atoms with Gasteiger partial charge in [0, 0.05) is 19.7 Å². The number of hydrogen-bond acceptors (Lipinski definition) is 9. The first kappa shape index (κ1) is 24.5. The van der Waals surface area contributed by atoms with E-state index in [1.807, 2.05) is 0 Å². The van der Waals surface area contributed by atoms with Crippen molar-refractivity contribution < 1.29 is 37.2 Å². The van der Waals surface area contributed by atoms with E-state index in [1.54, 1.807) is 30.3 Å². The van der Waals surface area contributed by atoms with Crippen molar-refractivity contribution >= 4 is 23.3 Å². The van der Waals surface area contributed by atoms with E-state index in [-0.39, 0.29) is 6.54 Å². The van der Waals surface area contributed by atoms with Crippen LogP contribution in [0, 0.1) is 10.1 Å². The summed E-state index contributed by atoms with van der Waals surface area (Å²) in [6.45, 7) is 1.08. The summed E-state index contributed by atoms with van der Waals surface area (Å²) in [7, 11) is -7.69. The number of benzene rings is 2. The van der Waals surface area contributed by atoms with Crippen LogP contribution in [0.4, 0.5) is 5.69 Å². The average molecular weight is 486 g/mol. The van der Waals surface area contributed by atoms with E-state index >= 15 is 0 Å². The number of nitrogens with zero attached hydrogens (tertiary/aromatic N) is 2. The molecule has 0 bridgehead atoms. The number of nitro groups is 1. The molecule has 2 aromatic carbocycles. The molecule has 2 aromatic rings. The predicted octanol–water partition coefficient (Wildman–Crippen LogP) is 2.09. The largest absolute Gasteiger partial charge is 0.388 e. The molecule has 0 radical (unpaired) electrons. The molecule has 1 fully saturated rings. The first-order chi connectivity index (χ1) is 15.0. The third-order valence-electron chi connectivity index (χ3n) is 5.19. The second-order valence-corrected chi connectivity index (χ2v) is 11.2. The Bertz CT molecular complexity index is 1130. The lowest BCUT2D eigenvalue weighted by molar-refractivity contribution is -0.387. The van der Waals surface area contributed by atoms with Crippen molar-refractivity contribution in [2.45, 2.75) is 42.5 Å². The molecule has 1 unspecified atom stereocenters. The average Bonchev–Trinajstić information content (AvgIpc) is 2.77. The van der Waals surface area contributed by atoms with Crippen molar-refractivity contribution in [1.82, 2.24) is 4.31 Å². The quantitative estimate of drug-likeness (QED) is 0.340. The summed E-state index contributed by atoms with van der Waals surface area (Å²) >= 11 is 0. The Kier molecular flexibility index (Phi) is 7.15. The Hall–Kier alpha value is -2.18. The van der Waals surface area contributed by atoms with Crippen molar-refractivity contribution in [1.29, 1.82) is 0 Å². The van der Waals surface area contributed by atoms with Gasteiger partial charge >= 0.3 is 7.60 Å². The number of rotatable bonds is 7. The van der Waals surface area contributed by atoms with Gasteiger partial charge in [-0.05, 0) is 18.6 Å². The van der Waals surface area contributed by atoms with Gasteiger partial charge in [-0.2, -0.15) is 4.31 Å². The Morgan fingerprint density at radius 2 is 1.75 bits per heavy atom. The molecule has 3 rings (SSSR count). The SMILES string of the molecule is COP1(=O)O[C@@H](C)[C@H](N(Cc2ccccc2)S(=O)(=O)c2ccccc2[N+](=O)[O-])[C@@H](O)[C@H]1O. The minimum absolute atomic E-state index is 0.297. The maximum absolute atomic E-state index is 13.7. The van der Waals surface area contributed by atoms with Crippen LogP contribution in [0.15, 0.2) is 59.5 Å². The van der Waals surface area contributed by atoms with E-state index in [0.717, 1.165) is 23.5 Å². The molecule has 1 aliphatic rings. The first-order valence-corrected chi connectivity index (χ1v) is 12.6. The van der Waals surface area contributed by atoms with E-state index in [9.17, 15) is 33.3 Å². The summed E-state index contributed by atoms with van der Waals surface area (Å²) in [5.41, 5.74) is -0.128. The van der Waals surface area contributed by atoms with Crippen LogP contribution in [0.25, 0.3) is 0 Å². The zero-order valence-corrected chi connectivity index (χ0v) is 18.9. The molecular weight excluding hydrogens is 463 g/mol. The van der Waals surface area contributed by atoms with Crippen LogP contribution in [-0.2, 0) is 30.2 Å². The van der Waals surface area contributed by atoms with Crippen LogP contribution < -0.4 is 0 Å². The highest BCUT2D eigenvalue weighted by Gasteiger charge is 2.55. The molecule has 0 spiro atoms. The van der Waals surface area contributed by atoms with Crippen LogP contribution in [0.5, 0.6) is 0 Å². The van der Waals surface area contributed by atoms with E-state index in [4.69, 9.17) is 9.05 Å². The lowest BCUT2D eigenvalue weighted by atomic mass is 10.1. The number of aliphatic hydroxyl groups excluding tert-OH is 2. The fourth-order valence-corrected chi connectivity index (χ4v) is 7.03. The van der Waals surface area contributed by atoms with Crippen molar-refractivity contribution in [3.05, 3.63) is 70.3 Å². The smallest absolute Gasteiger partial charge is 0.361 e. The van der Waals surface area contributed by atoms with Gasteiger partial charge in [0.1, 0.15) is 6.10 Å². The molecule has 13 heteroatoms. The Balaban J connectivity index is 2.15. The van der Waals surface area contributed by atoms with E-state index in [0.29, 0.717) is 5.56 Å². The van der Waals surface area contributed by atoms with Gasteiger partial charge in [-0.3, -0.25) is 14.7 Å². The zero-order chi connectivity index (χ0) is 23.7. The van der Waals surface area contributed by atoms with Gasteiger partial charge < -0.3 is 19.3 Å². The summed E-state index contributed by atoms with van der Waals surface area (Å²) in [4.78, 5) is 10.1. The molecule has 5 atom stereocenters. The van der Waals surface area contributed by atoms with Gasteiger partial charge in [0.2, 0.25) is 0 Å². The molecule has 0 aliphatic carbocycles. The number of sulfonamides is 1. The highest BCUT2D eigenvalue weighted by molar-refractivity contribution is 7.89. The highest BCUT2D eigenvalue weighted by atomic mass is 32.2. The van der Waals surface area contributed by atoms with E-state index in [1.165, 1.54) is 19.1 Å². The third kappa shape index (κ3) is 4.48. The molecule has 0 saturated carbocycles. The van der Waals surface area contributed by atoms with Crippen molar-refractivity contribution in [3.8, 4) is 0 Å². The highest BCUT2D eigenvalue weighted by Crippen LogP contribution is 2.58. The maximum Gasteiger partial charge on any atom is 0.361 e.